The molecule has 348 valence electrons. The van der Waals surface area contributed by atoms with Crippen molar-refractivity contribution in [2.75, 3.05) is 13.2 Å². The fourth-order valence-corrected chi connectivity index (χ4v) is 6.60. The van der Waals surface area contributed by atoms with Crippen LogP contribution in [0.5, 0.6) is 0 Å². The second-order valence-corrected chi connectivity index (χ2v) is 16.3. The lowest BCUT2D eigenvalue weighted by atomic mass is 10.1. The minimum atomic E-state index is -0.819. The highest BCUT2D eigenvalue weighted by Gasteiger charge is 2.19. The molecule has 0 rings (SSSR count). The van der Waals surface area contributed by atoms with Gasteiger partial charge in [-0.05, 0) is 103 Å². The molecule has 0 aliphatic heterocycles. The van der Waals surface area contributed by atoms with E-state index in [-0.39, 0.29) is 44.0 Å². The first-order chi connectivity index (χ1) is 30.0. The van der Waals surface area contributed by atoms with Crippen LogP contribution in [0.3, 0.4) is 0 Å². The van der Waals surface area contributed by atoms with Gasteiger partial charge in [-0.1, -0.05) is 189 Å². The van der Waals surface area contributed by atoms with E-state index in [0.717, 1.165) is 96.3 Å². The van der Waals surface area contributed by atoms with Crippen molar-refractivity contribution < 1.29 is 28.6 Å². The molecule has 0 saturated carbocycles. The molecule has 0 spiro atoms. The molecule has 61 heavy (non-hydrogen) atoms. The van der Waals surface area contributed by atoms with Crippen molar-refractivity contribution in [2.45, 2.75) is 232 Å². The zero-order chi connectivity index (χ0) is 44.4. The van der Waals surface area contributed by atoms with Crippen molar-refractivity contribution in [3.63, 3.8) is 0 Å². The summed E-state index contributed by atoms with van der Waals surface area (Å²) in [5.41, 5.74) is 0. The molecule has 1 atom stereocenters. The van der Waals surface area contributed by atoms with Crippen molar-refractivity contribution in [3.05, 3.63) is 85.1 Å². The monoisotopic (exact) mass is 849 g/mol. The van der Waals surface area contributed by atoms with Crippen LogP contribution in [0.4, 0.5) is 0 Å². The minimum Gasteiger partial charge on any atom is -0.462 e. The summed E-state index contributed by atoms with van der Waals surface area (Å²) in [6.07, 6.45) is 62.9. The third kappa shape index (κ3) is 47.5. The van der Waals surface area contributed by atoms with E-state index in [0.29, 0.717) is 12.8 Å². The Morgan fingerprint density at radius 1 is 0.344 bits per heavy atom. The van der Waals surface area contributed by atoms with Crippen molar-refractivity contribution in [2.24, 2.45) is 0 Å². The van der Waals surface area contributed by atoms with Crippen LogP contribution < -0.4 is 0 Å². The molecule has 0 fully saturated rings. The van der Waals surface area contributed by atoms with Gasteiger partial charge in [0.1, 0.15) is 13.2 Å². The first kappa shape index (κ1) is 57.6. The van der Waals surface area contributed by atoms with Crippen molar-refractivity contribution in [1.29, 1.82) is 0 Å². The van der Waals surface area contributed by atoms with Crippen molar-refractivity contribution in [3.8, 4) is 0 Å². The number of allylic oxidation sites excluding steroid dienone is 14. The highest BCUT2D eigenvalue weighted by molar-refractivity contribution is 5.71. The van der Waals surface area contributed by atoms with Gasteiger partial charge in [-0.3, -0.25) is 14.4 Å². The molecule has 0 aromatic carbocycles. The first-order valence-corrected chi connectivity index (χ1v) is 25.1. The maximum absolute atomic E-state index is 12.8. The number of ether oxygens (including phenoxy) is 3. The molecule has 0 N–H and O–H groups in total. The Labute approximate surface area is 375 Å². The van der Waals surface area contributed by atoms with E-state index < -0.39 is 6.10 Å². The number of carbonyl (C=O) groups is 3. The largest absolute Gasteiger partial charge is 0.462 e. The quantitative estimate of drug-likeness (QED) is 0.0263. The van der Waals surface area contributed by atoms with Gasteiger partial charge in [-0.2, -0.15) is 0 Å². The second-order valence-electron chi connectivity index (χ2n) is 16.3. The van der Waals surface area contributed by atoms with E-state index in [9.17, 15) is 14.4 Å². The number of hydrogen-bond donors (Lipinski definition) is 0. The molecule has 0 heterocycles. The maximum atomic E-state index is 12.8. The Morgan fingerprint density at radius 3 is 1.11 bits per heavy atom. The predicted molar refractivity (Wildman–Crippen MR) is 261 cm³/mol. The van der Waals surface area contributed by atoms with E-state index >= 15 is 0 Å². The lowest BCUT2D eigenvalue weighted by molar-refractivity contribution is -0.166. The SMILES string of the molecule is CC/C=C/C/C=C/C/C=C/C/C=C/CCCCCC(=O)OCC(COC(=O)CC/C=C/C/C=C/CCCCCCCC)OC(=O)CCCCC/C=C/CCCCCCCCC. The van der Waals surface area contributed by atoms with Gasteiger partial charge in [0, 0.05) is 19.3 Å². The number of esters is 3. The van der Waals surface area contributed by atoms with Crippen molar-refractivity contribution >= 4 is 17.9 Å². The molecule has 6 nitrogen and oxygen atoms in total. The Kier molecular flexibility index (Phi) is 46.5. The van der Waals surface area contributed by atoms with Crippen LogP contribution >= 0.6 is 0 Å². The van der Waals surface area contributed by atoms with Gasteiger partial charge in [0.25, 0.3) is 0 Å². The maximum Gasteiger partial charge on any atom is 0.306 e. The van der Waals surface area contributed by atoms with Crippen LogP contribution in [0.1, 0.15) is 226 Å². The standard InChI is InChI=1S/C55H92O6/c1-4-7-10-13-16-19-22-25-27-28-31-33-36-39-42-45-48-54(57)60-51-52(50-59-53(56)47-44-41-38-35-32-29-24-21-18-15-12-9-6-3)61-55(58)49-46-43-40-37-34-30-26-23-20-17-14-11-8-5-2/h7,10,16,19,25,27,29-34,38,41,52H,4-6,8-9,11-15,17-18,20-24,26,28,35-37,39-40,42-51H2,1-3H3/b10-7+,19-16+,27-25+,32-29+,33-31+,34-30+,41-38+. The van der Waals surface area contributed by atoms with Crippen LogP contribution in [0, 0.1) is 0 Å². The highest BCUT2D eigenvalue weighted by atomic mass is 16.6. The van der Waals surface area contributed by atoms with Gasteiger partial charge in [0.2, 0.25) is 0 Å². The topological polar surface area (TPSA) is 78.9 Å². The fraction of sp³-hybridized carbons (Fsp3) is 0.691. The summed E-state index contributed by atoms with van der Waals surface area (Å²) in [5.74, 6) is -1.03. The third-order valence-corrected chi connectivity index (χ3v) is 10.4. The summed E-state index contributed by atoms with van der Waals surface area (Å²) < 4.78 is 16.7. The minimum absolute atomic E-state index is 0.117. The summed E-state index contributed by atoms with van der Waals surface area (Å²) in [4.78, 5) is 37.9. The molecule has 0 aliphatic rings. The Balaban J connectivity index is 4.53. The summed E-state index contributed by atoms with van der Waals surface area (Å²) in [7, 11) is 0. The van der Waals surface area contributed by atoms with E-state index in [4.69, 9.17) is 14.2 Å². The summed E-state index contributed by atoms with van der Waals surface area (Å²) in [5, 5.41) is 0. The molecular weight excluding hydrogens is 757 g/mol. The number of unbranched alkanes of at least 4 members (excludes halogenated alkanes) is 19. The second kappa shape index (κ2) is 49.2. The molecule has 0 radical (unpaired) electrons. The molecule has 0 aliphatic carbocycles. The molecule has 0 saturated heterocycles. The lowest BCUT2D eigenvalue weighted by Gasteiger charge is -2.18. The average molecular weight is 849 g/mol. The van der Waals surface area contributed by atoms with E-state index in [1.165, 1.54) is 83.5 Å². The van der Waals surface area contributed by atoms with Gasteiger partial charge in [-0.15, -0.1) is 0 Å². The van der Waals surface area contributed by atoms with Crippen LogP contribution in [0.2, 0.25) is 0 Å². The smallest absolute Gasteiger partial charge is 0.306 e. The fourth-order valence-electron chi connectivity index (χ4n) is 6.60. The zero-order valence-corrected chi connectivity index (χ0v) is 39.7. The average Bonchev–Trinajstić information content (AvgIpc) is 3.26. The number of rotatable bonds is 44. The molecule has 0 aromatic heterocycles. The van der Waals surface area contributed by atoms with Gasteiger partial charge < -0.3 is 14.2 Å². The molecule has 6 heteroatoms. The first-order valence-electron chi connectivity index (χ1n) is 25.1. The normalized spacial score (nSPS) is 12.8. The van der Waals surface area contributed by atoms with E-state index in [1.807, 2.05) is 6.08 Å². The van der Waals surface area contributed by atoms with Gasteiger partial charge in [0.05, 0.1) is 0 Å². The zero-order valence-electron chi connectivity index (χ0n) is 39.7. The van der Waals surface area contributed by atoms with Gasteiger partial charge >= 0.3 is 17.9 Å². The summed E-state index contributed by atoms with van der Waals surface area (Å²) in [6, 6.07) is 0. The van der Waals surface area contributed by atoms with Crippen LogP contribution in [0.15, 0.2) is 85.1 Å². The molecule has 1 unspecified atom stereocenters. The van der Waals surface area contributed by atoms with Gasteiger partial charge in [0.15, 0.2) is 6.10 Å². The molecular formula is C55H92O6. The Morgan fingerprint density at radius 2 is 0.672 bits per heavy atom. The molecule has 0 aromatic rings. The summed E-state index contributed by atoms with van der Waals surface area (Å²) in [6.45, 7) is 6.41. The number of carbonyl (C=O) groups excluding carboxylic acids is 3. The number of hydrogen-bond acceptors (Lipinski definition) is 6. The highest BCUT2D eigenvalue weighted by Crippen LogP contribution is 2.12. The summed E-state index contributed by atoms with van der Waals surface area (Å²) >= 11 is 0. The lowest BCUT2D eigenvalue weighted by Crippen LogP contribution is -2.30. The van der Waals surface area contributed by atoms with Crippen LogP contribution in [-0.4, -0.2) is 37.2 Å². The van der Waals surface area contributed by atoms with Crippen molar-refractivity contribution in [1.82, 2.24) is 0 Å². The third-order valence-electron chi connectivity index (χ3n) is 10.4. The van der Waals surface area contributed by atoms with E-state index in [1.54, 1.807) is 0 Å². The van der Waals surface area contributed by atoms with Crippen LogP contribution in [-0.2, 0) is 28.6 Å². The molecule has 0 bridgehead atoms. The van der Waals surface area contributed by atoms with Crippen LogP contribution in [0.25, 0.3) is 0 Å². The van der Waals surface area contributed by atoms with Gasteiger partial charge in [-0.25, -0.2) is 0 Å². The predicted octanol–water partition coefficient (Wildman–Crippen LogP) is 16.4. The molecule has 0 amide bonds. The Bertz CT molecular complexity index is 1200. The van der Waals surface area contributed by atoms with E-state index in [2.05, 4.69) is 99.8 Å². The Hall–Kier alpha value is -3.41.